The van der Waals surface area contributed by atoms with E-state index in [4.69, 9.17) is 10.5 Å². The highest BCUT2D eigenvalue weighted by Gasteiger charge is 2.26. The average molecular weight is 385 g/mol. The summed E-state index contributed by atoms with van der Waals surface area (Å²) in [6.45, 7) is 14.3. The predicted molar refractivity (Wildman–Crippen MR) is 114 cm³/mol. The van der Waals surface area contributed by atoms with Crippen LogP contribution in [0.25, 0.3) is 11.3 Å². The van der Waals surface area contributed by atoms with Crippen LogP contribution in [0.3, 0.4) is 0 Å². The summed E-state index contributed by atoms with van der Waals surface area (Å²) in [4.78, 5) is 20.8. The second-order valence-corrected chi connectivity index (χ2v) is 9.03. The molecule has 0 aliphatic carbocycles. The third kappa shape index (κ3) is 6.22. The van der Waals surface area contributed by atoms with E-state index in [1.807, 2.05) is 52.8 Å². The Kier molecular flexibility index (Phi) is 6.32. The summed E-state index contributed by atoms with van der Waals surface area (Å²) in [5, 5.41) is 3.30. The molecule has 1 aromatic heterocycles. The number of hydrogen-bond acceptors (Lipinski definition) is 6. The second-order valence-electron chi connectivity index (χ2n) is 9.03. The number of anilines is 2. The molecule has 6 heteroatoms. The maximum Gasteiger partial charge on any atom is 0.306 e. The molecule has 2 aromatic rings. The molecule has 3 N–H and O–H groups in total. The Bertz CT molecular complexity index is 854. The first kappa shape index (κ1) is 21.7. The van der Waals surface area contributed by atoms with Gasteiger partial charge < -0.3 is 15.8 Å². The van der Waals surface area contributed by atoms with Gasteiger partial charge in [0.1, 0.15) is 11.4 Å². The molecule has 28 heavy (non-hydrogen) atoms. The Hall–Kier alpha value is -2.63. The van der Waals surface area contributed by atoms with Crippen molar-refractivity contribution in [2.75, 3.05) is 17.6 Å². The SMILES string of the molecule is Cc1cccc(-c2cc(NCC(C)(C)CC(=O)OC(C)(C)C)nc(N)n2)c1C. The summed E-state index contributed by atoms with van der Waals surface area (Å²) in [6.07, 6.45) is 0.307. The van der Waals surface area contributed by atoms with Crippen molar-refractivity contribution in [3.63, 3.8) is 0 Å². The van der Waals surface area contributed by atoms with Crippen molar-refractivity contribution in [3.05, 3.63) is 35.4 Å². The van der Waals surface area contributed by atoms with Gasteiger partial charge in [0.15, 0.2) is 0 Å². The molecule has 1 heterocycles. The van der Waals surface area contributed by atoms with E-state index in [0.717, 1.165) is 16.8 Å². The number of esters is 1. The van der Waals surface area contributed by atoms with Crippen LogP contribution in [0.5, 0.6) is 0 Å². The van der Waals surface area contributed by atoms with Crippen molar-refractivity contribution >= 4 is 17.7 Å². The number of aromatic nitrogens is 2. The van der Waals surface area contributed by atoms with Crippen LogP contribution >= 0.6 is 0 Å². The molecule has 0 atom stereocenters. The van der Waals surface area contributed by atoms with Gasteiger partial charge in [-0.3, -0.25) is 4.79 Å². The molecule has 0 radical (unpaired) electrons. The zero-order valence-corrected chi connectivity index (χ0v) is 18.0. The number of nitrogens with zero attached hydrogens (tertiary/aromatic N) is 2. The number of hydrogen-bond donors (Lipinski definition) is 2. The lowest BCUT2D eigenvalue weighted by Gasteiger charge is -2.27. The fourth-order valence-corrected chi connectivity index (χ4v) is 2.88. The van der Waals surface area contributed by atoms with E-state index in [1.165, 1.54) is 5.56 Å². The third-order valence-electron chi connectivity index (χ3n) is 4.41. The number of nitrogen functional groups attached to an aromatic ring is 1. The molecule has 0 saturated heterocycles. The summed E-state index contributed by atoms with van der Waals surface area (Å²) in [6, 6.07) is 8.00. The van der Waals surface area contributed by atoms with Gasteiger partial charge in [-0.2, -0.15) is 4.98 Å². The summed E-state index contributed by atoms with van der Waals surface area (Å²) < 4.78 is 5.43. The predicted octanol–water partition coefficient (Wildman–Crippen LogP) is 4.51. The van der Waals surface area contributed by atoms with Crippen LogP contribution in [0, 0.1) is 19.3 Å². The summed E-state index contributed by atoms with van der Waals surface area (Å²) in [5.41, 5.74) is 9.32. The minimum atomic E-state index is -0.484. The van der Waals surface area contributed by atoms with Crippen LogP contribution < -0.4 is 11.1 Å². The lowest BCUT2D eigenvalue weighted by molar-refractivity contribution is -0.157. The van der Waals surface area contributed by atoms with Crippen LogP contribution in [0.4, 0.5) is 11.8 Å². The molecule has 0 fully saturated rings. The summed E-state index contributed by atoms with van der Waals surface area (Å²) in [5.74, 6) is 0.643. The largest absolute Gasteiger partial charge is 0.460 e. The van der Waals surface area contributed by atoms with Gasteiger partial charge in [0.2, 0.25) is 5.95 Å². The van der Waals surface area contributed by atoms with Crippen LogP contribution in [-0.2, 0) is 9.53 Å². The Morgan fingerprint density at radius 3 is 2.46 bits per heavy atom. The molecule has 1 aromatic carbocycles. The molecule has 152 valence electrons. The summed E-state index contributed by atoms with van der Waals surface area (Å²) >= 11 is 0. The van der Waals surface area contributed by atoms with E-state index in [2.05, 4.69) is 35.2 Å². The number of nitrogens with one attached hydrogen (secondary N) is 1. The molecule has 0 aliphatic heterocycles. The van der Waals surface area contributed by atoms with Crippen LogP contribution in [0.1, 0.15) is 52.2 Å². The summed E-state index contributed by atoms with van der Waals surface area (Å²) in [7, 11) is 0. The van der Waals surface area contributed by atoms with Gasteiger partial charge in [-0.15, -0.1) is 0 Å². The van der Waals surface area contributed by atoms with Crippen molar-refractivity contribution in [3.8, 4) is 11.3 Å². The van der Waals surface area contributed by atoms with E-state index >= 15 is 0 Å². The highest BCUT2D eigenvalue weighted by atomic mass is 16.6. The highest BCUT2D eigenvalue weighted by molar-refractivity contribution is 5.71. The number of carbonyl (C=O) groups excluding carboxylic acids is 1. The van der Waals surface area contributed by atoms with Gasteiger partial charge in [0, 0.05) is 18.2 Å². The molecule has 2 rings (SSSR count). The maximum absolute atomic E-state index is 12.2. The van der Waals surface area contributed by atoms with Crippen molar-refractivity contribution in [2.45, 2.75) is 60.5 Å². The molecule has 0 bridgehead atoms. The van der Waals surface area contributed by atoms with Gasteiger partial charge in [-0.05, 0) is 51.2 Å². The van der Waals surface area contributed by atoms with E-state index < -0.39 is 5.60 Å². The Balaban J connectivity index is 2.13. The number of benzene rings is 1. The topological polar surface area (TPSA) is 90.1 Å². The van der Waals surface area contributed by atoms with E-state index in [9.17, 15) is 4.79 Å². The molecule has 0 saturated carbocycles. The number of nitrogens with two attached hydrogens (primary N) is 1. The van der Waals surface area contributed by atoms with Crippen molar-refractivity contribution in [1.82, 2.24) is 9.97 Å². The monoisotopic (exact) mass is 384 g/mol. The van der Waals surface area contributed by atoms with Crippen molar-refractivity contribution < 1.29 is 9.53 Å². The minimum absolute atomic E-state index is 0.211. The molecule has 0 spiro atoms. The smallest absolute Gasteiger partial charge is 0.306 e. The zero-order valence-electron chi connectivity index (χ0n) is 18.0. The second kappa shape index (κ2) is 8.17. The van der Waals surface area contributed by atoms with Crippen LogP contribution in [0.15, 0.2) is 24.3 Å². The average Bonchev–Trinajstić information content (AvgIpc) is 2.53. The highest BCUT2D eigenvalue weighted by Crippen LogP contribution is 2.27. The van der Waals surface area contributed by atoms with Crippen molar-refractivity contribution in [2.24, 2.45) is 5.41 Å². The van der Waals surface area contributed by atoms with Crippen molar-refractivity contribution in [1.29, 1.82) is 0 Å². The normalized spacial score (nSPS) is 12.0. The Morgan fingerprint density at radius 2 is 1.82 bits per heavy atom. The molecule has 0 amide bonds. The molecule has 6 nitrogen and oxygen atoms in total. The van der Waals surface area contributed by atoms with Gasteiger partial charge in [-0.1, -0.05) is 32.0 Å². The van der Waals surface area contributed by atoms with Gasteiger partial charge in [-0.25, -0.2) is 4.98 Å². The molecular weight excluding hydrogens is 352 g/mol. The lowest BCUT2D eigenvalue weighted by Crippen LogP contribution is -2.31. The maximum atomic E-state index is 12.2. The Labute approximate surface area is 167 Å². The fraction of sp³-hybridized carbons (Fsp3) is 0.500. The van der Waals surface area contributed by atoms with E-state index in [0.29, 0.717) is 18.8 Å². The number of carbonyl (C=O) groups is 1. The number of aryl methyl sites for hydroxylation is 1. The first-order valence-corrected chi connectivity index (χ1v) is 9.53. The quantitative estimate of drug-likeness (QED) is 0.712. The van der Waals surface area contributed by atoms with Crippen LogP contribution in [0.2, 0.25) is 0 Å². The third-order valence-corrected chi connectivity index (χ3v) is 4.41. The number of ether oxygens (including phenoxy) is 1. The standard InChI is InChI=1S/C22H32N4O2/c1-14-9-8-10-16(15(14)2)17-11-18(26-20(23)25-17)24-13-22(6,7)12-19(27)28-21(3,4)5/h8-11H,12-13H2,1-7H3,(H3,23,24,25,26). The molecular formula is C22H32N4O2. The first-order valence-electron chi connectivity index (χ1n) is 9.53. The van der Waals surface area contributed by atoms with E-state index in [-0.39, 0.29) is 17.3 Å². The fourth-order valence-electron chi connectivity index (χ4n) is 2.88. The van der Waals surface area contributed by atoms with Gasteiger partial charge >= 0.3 is 5.97 Å². The molecule has 0 aliphatic rings. The van der Waals surface area contributed by atoms with Gasteiger partial charge in [0.25, 0.3) is 0 Å². The van der Waals surface area contributed by atoms with Gasteiger partial charge in [0.05, 0.1) is 12.1 Å². The number of rotatable bonds is 6. The molecule has 0 unspecified atom stereocenters. The first-order chi connectivity index (χ1) is 12.9. The lowest BCUT2D eigenvalue weighted by atomic mass is 9.89. The van der Waals surface area contributed by atoms with E-state index in [1.54, 1.807) is 0 Å². The zero-order chi connectivity index (χ0) is 21.1. The minimum Gasteiger partial charge on any atom is -0.460 e. The van der Waals surface area contributed by atoms with Crippen LogP contribution in [-0.4, -0.2) is 28.1 Å². The Morgan fingerprint density at radius 1 is 1.14 bits per heavy atom.